The zero-order valence-electron chi connectivity index (χ0n) is 10.5. The van der Waals surface area contributed by atoms with Gasteiger partial charge >= 0.3 is 6.18 Å². The smallest absolute Gasteiger partial charge is 0.343 e. The first-order valence-corrected chi connectivity index (χ1v) is 6.41. The number of rotatable bonds is 3. The largest absolute Gasteiger partial charge is 0.416 e. The van der Waals surface area contributed by atoms with Crippen LogP contribution in [0.1, 0.15) is 30.4 Å². The molecule has 0 saturated carbocycles. The molecule has 5 heteroatoms. The molecule has 1 heterocycles. The molecule has 1 aliphatic heterocycles. The minimum absolute atomic E-state index is 0.0948. The number of carbonyl (C=O) groups excluding carboxylic acids is 1. The van der Waals surface area contributed by atoms with Crippen molar-refractivity contribution in [2.24, 2.45) is 0 Å². The standard InChI is InChI=1S/C14H16F3NO/c15-14(16,17)12-6-3-11(4-7-12)5-8-13(19)18-9-1-2-10-18/h3-4,6-7H,1-2,5,8-10H2. The molecule has 1 aromatic rings. The van der Waals surface area contributed by atoms with Gasteiger partial charge < -0.3 is 4.90 Å². The van der Waals surface area contributed by atoms with Crippen LogP contribution in [0, 0.1) is 0 Å². The van der Waals surface area contributed by atoms with Gasteiger partial charge in [0.1, 0.15) is 0 Å². The van der Waals surface area contributed by atoms with E-state index in [0.29, 0.717) is 12.8 Å². The Bertz CT molecular complexity index is 433. The second-order valence-electron chi connectivity index (χ2n) is 4.78. The minimum atomic E-state index is -4.30. The molecular weight excluding hydrogens is 255 g/mol. The van der Waals surface area contributed by atoms with Crippen molar-refractivity contribution >= 4 is 5.91 Å². The van der Waals surface area contributed by atoms with Crippen molar-refractivity contribution in [3.63, 3.8) is 0 Å². The highest BCUT2D eigenvalue weighted by Gasteiger charge is 2.29. The van der Waals surface area contributed by atoms with Crippen LogP contribution >= 0.6 is 0 Å². The third-order valence-corrected chi connectivity index (χ3v) is 3.37. The Morgan fingerprint density at radius 1 is 1.11 bits per heavy atom. The number of nitrogens with zero attached hydrogens (tertiary/aromatic N) is 1. The van der Waals surface area contributed by atoms with Crippen LogP contribution in [0.3, 0.4) is 0 Å². The highest BCUT2D eigenvalue weighted by atomic mass is 19.4. The first-order valence-electron chi connectivity index (χ1n) is 6.41. The quantitative estimate of drug-likeness (QED) is 0.826. The monoisotopic (exact) mass is 271 g/mol. The van der Waals surface area contributed by atoms with Gasteiger partial charge in [0.15, 0.2) is 0 Å². The summed E-state index contributed by atoms with van der Waals surface area (Å²) in [5, 5.41) is 0. The lowest BCUT2D eigenvalue weighted by Crippen LogP contribution is -2.27. The molecule has 1 fully saturated rings. The van der Waals surface area contributed by atoms with Gasteiger partial charge in [-0.05, 0) is 37.0 Å². The van der Waals surface area contributed by atoms with Crippen LogP contribution in [0.5, 0.6) is 0 Å². The Labute approximate surface area is 110 Å². The van der Waals surface area contributed by atoms with E-state index < -0.39 is 11.7 Å². The molecule has 104 valence electrons. The highest BCUT2D eigenvalue weighted by molar-refractivity contribution is 5.76. The molecule has 2 nitrogen and oxygen atoms in total. The molecule has 0 unspecified atom stereocenters. The van der Waals surface area contributed by atoms with Gasteiger partial charge in [-0.25, -0.2) is 0 Å². The van der Waals surface area contributed by atoms with Gasteiger partial charge in [0.05, 0.1) is 5.56 Å². The number of likely N-dealkylation sites (tertiary alicyclic amines) is 1. The number of alkyl halides is 3. The van der Waals surface area contributed by atoms with Crippen molar-refractivity contribution in [2.75, 3.05) is 13.1 Å². The summed E-state index contributed by atoms with van der Waals surface area (Å²) in [6.45, 7) is 1.62. The Morgan fingerprint density at radius 2 is 1.68 bits per heavy atom. The van der Waals surface area contributed by atoms with Gasteiger partial charge in [0.25, 0.3) is 0 Å². The van der Waals surface area contributed by atoms with Crippen molar-refractivity contribution in [3.05, 3.63) is 35.4 Å². The normalized spacial score (nSPS) is 15.8. The van der Waals surface area contributed by atoms with Crippen LogP contribution in [0.2, 0.25) is 0 Å². The zero-order valence-corrected chi connectivity index (χ0v) is 10.5. The number of aryl methyl sites for hydroxylation is 1. The van der Waals surface area contributed by atoms with E-state index in [-0.39, 0.29) is 5.91 Å². The average Bonchev–Trinajstić information content (AvgIpc) is 2.89. The van der Waals surface area contributed by atoms with E-state index in [2.05, 4.69) is 0 Å². The van der Waals surface area contributed by atoms with Crippen molar-refractivity contribution < 1.29 is 18.0 Å². The highest BCUT2D eigenvalue weighted by Crippen LogP contribution is 2.29. The molecule has 0 bridgehead atoms. The molecular formula is C14H16F3NO. The van der Waals surface area contributed by atoms with Crippen LogP contribution < -0.4 is 0 Å². The Kier molecular flexibility index (Phi) is 4.12. The van der Waals surface area contributed by atoms with Gasteiger partial charge in [-0.3, -0.25) is 4.79 Å². The predicted octanol–water partition coefficient (Wildman–Crippen LogP) is 3.26. The van der Waals surface area contributed by atoms with Gasteiger partial charge in [-0.15, -0.1) is 0 Å². The maximum atomic E-state index is 12.4. The fourth-order valence-electron chi connectivity index (χ4n) is 2.24. The fraction of sp³-hybridized carbons (Fsp3) is 0.500. The number of halogens is 3. The molecule has 2 rings (SSSR count). The summed E-state index contributed by atoms with van der Waals surface area (Å²) in [4.78, 5) is 13.6. The Balaban J connectivity index is 1.87. The van der Waals surface area contributed by atoms with Gasteiger partial charge in [0, 0.05) is 19.5 Å². The van der Waals surface area contributed by atoms with Crippen LogP contribution in [-0.2, 0) is 17.4 Å². The van der Waals surface area contributed by atoms with Crippen LogP contribution in [0.15, 0.2) is 24.3 Å². The first kappa shape index (κ1) is 13.9. The molecule has 19 heavy (non-hydrogen) atoms. The summed E-state index contributed by atoms with van der Waals surface area (Å²) in [5.41, 5.74) is 0.114. The van der Waals surface area contributed by atoms with Crippen molar-refractivity contribution in [2.45, 2.75) is 31.9 Å². The maximum Gasteiger partial charge on any atom is 0.416 e. The molecule has 0 aliphatic carbocycles. The number of benzene rings is 1. The van der Waals surface area contributed by atoms with Crippen LogP contribution in [0.25, 0.3) is 0 Å². The summed E-state index contributed by atoms with van der Waals surface area (Å²) in [7, 11) is 0. The van der Waals surface area contributed by atoms with E-state index in [4.69, 9.17) is 0 Å². The molecule has 0 aromatic heterocycles. The zero-order chi connectivity index (χ0) is 13.9. The van der Waals surface area contributed by atoms with Crippen LogP contribution in [-0.4, -0.2) is 23.9 Å². The Morgan fingerprint density at radius 3 is 2.21 bits per heavy atom. The molecule has 1 aromatic carbocycles. The summed E-state index contributed by atoms with van der Waals surface area (Å²) in [5.74, 6) is 0.0948. The fourth-order valence-corrected chi connectivity index (χ4v) is 2.24. The molecule has 0 N–H and O–H groups in total. The second kappa shape index (κ2) is 5.63. The lowest BCUT2D eigenvalue weighted by molar-refractivity contribution is -0.137. The molecule has 0 spiro atoms. The number of hydrogen-bond acceptors (Lipinski definition) is 1. The maximum absolute atomic E-state index is 12.4. The van der Waals surface area contributed by atoms with E-state index >= 15 is 0 Å². The van der Waals surface area contributed by atoms with E-state index in [1.54, 1.807) is 0 Å². The second-order valence-corrected chi connectivity index (χ2v) is 4.78. The minimum Gasteiger partial charge on any atom is -0.343 e. The van der Waals surface area contributed by atoms with Crippen molar-refractivity contribution in [1.82, 2.24) is 4.90 Å². The van der Waals surface area contributed by atoms with E-state index in [0.717, 1.165) is 43.6 Å². The molecule has 1 saturated heterocycles. The van der Waals surface area contributed by atoms with E-state index in [9.17, 15) is 18.0 Å². The lowest BCUT2D eigenvalue weighted by Gasteiger charge is -2.15. The van der Waals surface area contributed by atoms with Crippen molar-refractivity contribution in [1.29, 1.82) is 0 Å². The molecule has 0 radical (unpaired) electrons. The first-order chi connectivity index (χ1) is 8.97. The van der Waals surface area contributed by atoms with Gasteiger partial charge in [0.2, 0.25) is 5.91 Å². The topological polar surface area (TPSA) is 20.3 Å². The predicted molar refractivity (Wildman–Crippen MR) is 65.6 cm³/mol. The van der Waals surface area contributed by atoms with E-state index in [1.165, 1.54) is 12.1 Å². The summed E-state index contributed by atoms with van der Waals surface area (Å²) in [6.07, 6.45) is -1.35. The van der Waals surface area contributed by atoms with Gasteiger partial charge in [-0.1, -0.05) is 12.1 Å². The van der Waals surface area contributed by atoms with Gasteiger partial charge in [-0.2, -0.15) is 13.2 Å². The third kappa shape index (κ3) is 3.72. The summed E-state index contributed by atoms with van der Waals surface area (Å²) < 4.78 is 37.1. The van der Waals surface area contributed by atoms with E-state index in [1.807, 2.05) is 4.90 Å². The Hall–Kier alpha value is -1.52. The number of amides is 1. The number of carbonyl (C=O) groups is 1. The van der Waals surface area contributed by atoms with Crippen LogP contribution in [0.4, 0.5) is 13.2 Å². The average molecular weight is 271 g/mol. The third-order valence-electron chi connectivity index (χ3n) is 3.37. The molecule has 1 amide bonds. The molecule has 0 atom stereocenters. The number of hydrogen-bond donors (Lipinski definition) is 0. The van der Waals surface area contributed by atoms with Crippen molar-refractivity contribution in [3.8, 4) is 0 Å². The summed E-state index contributed by atoms with van der Waals surface area (Å²) in [6, 6.07) is 5.02. The summed E-state index contributed by atoms with van der Waals surface area (Å²) >= 11 is 0. The molecule has 1 aliphatic rings. The lowest BCUT2D eigenvalue weighted by atomic mass is 10.1. The SMILES string of the molecule is O=C(CCc1ccc(C(F)(F)F)cc1)N1CCCC1.